The first-order valence-electron chi connectivity index (χ1n) is 6.76. The lowest BCUT2D eigenvalue weighted by Crippen LogP contribution is -2.27. The summed E-state index contributed by atoms with van der Waals surface area (Å²) < 4.78 is 5.09. The van der Waals surface area contributed by atoms with E-state index < -0.39 is 0 Å². The molecule has 1 aliphatic rings. The molecule has 1 aromatic carbocycles. The predicted octanol–water partition coefficient (Wildman–Crippen LogP) is 3.69. The van der Waals surface area contributed by atoms with Crippen molar-refractivity contribution < 1.29 is 9.66 Å². The maximum Gasteiger partial charge on any atom is 0.333 e. The van der Waals surface area contributed by atoms with Crippen LogP contribution in [0.2, 0.25) is 0 Å². The summed E-state index contributed by atoms with van der Waals surface area (Å²) in [5, 5.41) is 15.3. The van der Waals surface area contributed by atoms with Gasteiger partial charge in [-0.25, -0.2) is 0 Å². The van der Waals surface area contributed by atoms with Crippen LogP contribution < -0.4 is 10.1 Å². The van der Waals surface area contributed by atoms with Crippen LogP contribution in [0.15, 0.2) is 18.2 Å². The minimum Gasteiger partial charge on any atom is -0.490 e. The monoisotopic (exact) mass is 296 g/mol. The third-order valence-electron chi connectivity index (χ3n) is 3.77. The molecular weight excluding hydrogens is 276 g/mol. The quantitative estimate of drug-likeness (QED) is 0.663. The molecule has 6 heteroatoms. The first-order chi connectivity index (χ1) is 9.65. The standard InChI is InChI=1S/C14H20N2O3S/c1-19-13-5-3-4-12(14(13)16(17)18)15-10-6-8-11(20-2)9-7-10/h3-5,10-11,15H,6-9H2,1-2H3. The molecule has 5 nitrogen and oxygen atoms in total. The maximum atomic E-state index is 11.2. The predicted molar refractivity (Wildman–Crippen MR) is 82.8 cm³/mol. The van der Waals surface area contributed by atoms with E-state index in [1.54, 1.807) is 18.2 Å². The number of rotatable bonds is 5. The Hall–Kier alpha value is -1.43. The lowest BCUT2D eigenvalue weighted by atomic mass is 9.94. The molecule has 1 saturated carbocycles. The number of para-hydroxylation sites is 1. The molecule has 1 aliphatic carbocycles. The number of nitro benzene ring substituents is 1. The molecule has 0 spiro atoms. The van der Waals surface area contributed by atoms with Crippen LogP contribution >= 0.6 is 11.8 Å². The van der Waals surface area contributed by atoms with Gasteiger partial charge in [0, 0.05) is 11.3 Å². The van der Waals surface area contributed by atoms with Crippen LogP contribution in [-0.2, 0) is 0 Å². The number of nitro groups is 1. The Morgan fingerprint density at radius 2 is 2.05 bits per heavy atom. The molecule has 0 aliphatic heterocycles. The van der Waals surface area contributed by atoms with Gasteiger partial charge < -0.3 is 10.1 Å². The molecule has 20 heavy (non-hydrogen) atoms. The third kappa shape index (κ3) is 3.36. The van der Waals surface area contributed by atoms with Crippen molar-refractivity contribution >= 4 is 23.1 Å². The van der Waals surface area contributed by atoms with Crippen molar-refractivity contribution in [1.82, 2.24) is 0 Å². The maximum absolute atomic E-state index is 11.2. The van der Waals surface area contributed by atoms with Gasteiger partial charge >= 0.3 is 5.69 Å². The van der Waals surface area contributed by atoms with Crippen LogP contribution in [0, 0.1) is 10.1 Å². The molecule has 1 aromatic rings. The van der Waals surface area contributed by atoms with Gasteiger partial charge in [0.15, 0.2) is 5.75 Å². The number of thioether (sulfide) groups is 1. The molecule has 0 radical (unpaired) electrons. The van der Waals surface area contributed by atoms with Crippen molar-refractivity contribution in [2.45, 2.75) is 37.0 Å². The second-order valence-corrected chi connectivity index (χ2v) is 6.11. The van der Waals surface area contributed by atoms with Gasteiger partial charge in [-0.15, -0.1) is 0 Å². The molecule has 110 valence electrons. The summed E-state index contributed by atoms with van der Waals surface area (Å²) in [4.78, 5) is 10.8. The number of nitrogens with one attached hydrogen (secondary N) is 1. The normalized spacial score (nSPS) is 22.3. The largest absolute Gasteiger partial charge is 0.490 e. The first kappa shape index (κ1) is 15.0. The summed E-state index contributed by atoms with van der Waals surface area (Å²) in [6, 6.07) is 5.46. The third-order valence-corrected chi connectivity index (χ3v) is 4.91. The molecule has 1 fully saturated rings. The lowest BCUT2D eigenvalue weighted by molar-refractivity contribution is -0.384. The van der Waals surface area contributed by atoms with Crippen molar-refractivity contribution in [3.8, 4) is 5.75 Å². The van der Waals surface area contributed by atoms with Crippen molar-refractivity contribution in [3.63, 3.8) is 0 Å². The minimum absolute atomic E-state index is 0.0296. The fourth-order valence-electron chi connectivity index (χ4n) is 2.65. The summed E-state index contributed by atoms with van der Waals surface area (Å²) in [7, 11) is 1.45. The van der Waals surface area contributed by atoms with Gasteiger partial charge in [-0.05, 0) is 44.1 Å². The highest BCUT2D eigenvalue weighted by molar-refractivity contribution is 7.99. The molecule has 2 rings (SSSR count). The van der Waals surface area contributed by atoms with Crippen molar-refractivity contribution in [2.75, 3.05) is 18.7 Å². The molecule has 0 amide bonds. The van der Waals surface area contributed by atoms with E-state index in [1.807, 2.05) is 11.8 Å². The Bertz CT molecular complexity index is 473. The van der Waals surface area contributed by atoms with E-state index in [4.69, 9.17) is 4.74 Å². The number of methoxy groups -OCH3 is 1. The van der Waals surface area contributed by atoms with Gasteiger partial charge in [-0.2, -0.15) is 11.8 Å². The van der Waals surface area contributed by atoms with Crippen molar-refractivity contribution in [2.24, 2.45) is 0 Å². The highest BCUT2D eigenvalue weighted by Crippen LogP contribution is 2.36. The van der Waals surface area contributed by atoms with E-state index in [9.17, 15) is 10.1 Å². The second kappa shape index (κ2) is 6.83. The Labute approximate surface area is 123 Å². The van der Waals surface area contributed by atoms with Gasteiger partial charge in [0.1, 0.15) is 5.69 Å². The van der Waals surface area contributed by atoms with Crippen LogP contribution in [0.5, 0.6) is 5.75 Å². The lowest BCUT2D eigenvalue weighted by Gasteiger charge is -2.28. The molecule has 1 N–H and O–H groups in total. The highest BCUT2D eigenvalue weighted by Gasteiger charge is 2.25. The first-order valence-corrected chi connectivity index (χ1v) is 8.05. The van der Waals surface area contributed by atoms with Crippen LogP contribution in [0.4, 0.5) is 11.4 Å². The van der Waals surface area contributed by atoms with Crippen LogP contribution in [0.3, 0.4) is 0 Å². The van der Waals surface area contributed by atoms with Gasteiger partial charge in [0.2, 0.25) is 0 Å². The van der Waals surface area contributed by atoms with Gasteiger partial charge in [-0.3, -0.25) is 10.1 Å². The van der Waals surface area contributed by atoms with Crippen LogP contribution in [0.25, 0.3) is 0 Å². The molecular formula is C14H20N2O3S. The number of ether oxygens (including phenoxy) is 1. The number of hydrogen-bond donors (Lipinski definition) is 1. The average molecular weight is 296 g/mol. The number of nitrogens with zero attached hydrogens (tertiary/aromatic N) is 1. The molecule has 0 atom stereocenters. The zero-order valence-corrected chi connectivity index (χ0v) is 12.6. The van der Waals surface area contributed by atoms with Gasteiger partial charge in [0.25, 0.3) is 0 Å². The van der Waals surface area contributed by atoms with E-state index >= 15 is 0 Å². The van der Waals surface area contributed by atoms with E-state index in [1.165, 1.54) is 7.11 Å². The zero-order chi connectivity index (χ0) is 14.5. The van der Waals surface area contributed by atoms with E-state index in [-0.39, 0.29) is 10.6 Å². The summed E-state index contributed by atoms with van der Waals surface area (Å²) >= 11 is 1.91. The topological polar surface area (TPSA) is 64.4 Å². The average Bonchev–Trinajstić information content (AvgIpc) is 2.47. The summed E-state index contributed by atoms with van der Waals surface area (Å²) in [6.45, 7) is 0. The second-order valence-electron chi connectivity index (χ2n) is 4.97. The van der Waals surface area contributed by atoms with E-state index in [0.717, 1.165) is 30.9 Å². The fraction of sp³-hybridized carbons (Fsp3) is 0.571. The Kier molecular flexibility index (Phi) is 5.11. The Balaban J connectivity index is 2.12. The van der Waals surface area contributed by atoms with Gasteiger partial charge in [0.05, 0.1) is 12.0 Å². The number of benzene rings is 1. The van der Waals surface area contributed by atoms with E-state index in [2.05, 4.69) is 11.6 Å². The van der Waals surface area contributed by atoms with Gasteiger partial charge in [-0.1, -0.05) is 6.07 Å². The molecule has 0 bridgehead atoms. The smallest absolute Gasteiger partial charge is 0.333 e. The SMILES string of the molecule is COc1cccc(NC2CCC(SC)CC2)c1[N+](=O)[O-]. The summed E-state index contributed by atoms with van der Waals surface area (Å²) in [5.74, 6) is 0.304. The van der Waals surface area contributed by atoms with E-state index in [0.29, 0.717) is 17.5 Å². The Morgan fingerprint density at radius 3 is 2.60 bits per heavy atom. The Morgan fingerprint density at radius 1 is 1.35 bits per heavy atom. The van der Waals surface area contributed by atoms with Crippen LogP contribution in [0.1, 0.15) is 25.7 Å². The molecule has 0 heterocycles. The zero-order valence-electron chi connectivity index (χ0n) is 11.8. The van der Waals surface area contributed by atoms with Crippen LogP contribution in [-0.4, -0.2) is 29.6 Å². The number of anilines is 1. The molecule has 0 unspecified atom stereocenters. The highest BCUT2D eigenvalue weighted by atomic mass is 32.2. The summed E-state index contributed by atoms with van der Waals surface area (Å²) in [5.41, 5.74) is 0.587. The molecule has 0 aromatic heterocycles. The summed E-state index contributed by atoms with van der Waals surface area (Å²) in [6.07, 6.45) is 6.58. The minimum atomic E-state index is -0.380. The molecule has 0 saturated heterocycles. The fourth-order valence-corrected chi connectivity index (χ4v) is 3.40. The number of hydrogen-bond acceptors (Lipinski definition) is 5. The van der Waals surface area contributed by atoms with Crippen molar-refractivity contribution in [3.05, 3.63) is 28.3 Å². The van der Waals surface area contributed by atoms with Crippen molar-refractivity contribution in [1.29, 1.82) is 0 Å².